The van der Waals surface area contributed by atoms with Crippen LogP contribution in [0.2, 0.25) is 0 Å². The highest BCUT2D eigenvalue weighted by atomic mass is 32.2. The maximum atomic E-state index is 13.0. The van der Waals surface area contributed by atoms with Gasteiger partial charge in [0.15, 0.2) is 22.4 Å². The Labute approximate surface area is 175 Å². The van der Waals surface area contributed by atoms with E-state index in [0.717, 1.165) is 29.5 Å². The second-order valence-corrected chi connectivity index (χ2v) is 9.25. The van der Waals surface area contributed by atoms with Gasteiger partial charge in [0.25, 0.3) is 5.56 Å². The Hall–Kier alpha value is -2.32. The van der Waals surface area contributed by atoms with Crippen LogP contribution in [0.1, 0.15) is 33.6 Å². The van der Waals surface area contributed by atoms with E-state index in [0.29, 0.717) is 35.4 Å². The minimum atomic E-state index is -0.0354. The summed E-state index contributed by atoms with van der Waals surface area (Å²) in [5.41, 5.74) is 1.75. The summed E-state index contributed by atoms with van der Waals surface area (Å²) < 4.78 is 12.6. The van der Waals surface area contributed by atoms with Crippen molar-refractivity contribution in [2.24, 2.45) is 7.05 Å². The van der Waals surface area contributed by atoms with Gasteiger partial charge in [-0.1, -0.05) is 11.8 Å². The molecule has 0 saturated heterocycles. The number of hydrogen-bond acceptors (Lipinski definition) is 7. The largest absolute Gasteiger partial charge is 0.486 e. The van der Waals surface area contributed by atoms with Crippen LogP contribution in [0.4, 0.5) is 0 Å². The standard InChI is InChI=1S/C21H20N2O4S2/c1-23-20(25)18-13-4-2-3-5-17(13)29-19(18)22-21(23)28-11-14(24)12-6-7-15-16(10-12)27-9-8-26-15/h6-7,10H,2-5,8-9,11H2,1H3. The van der Waals surface area contributed by atoms with Crippen molar-refractivity contribution in [3.8, 4) is 11.5 Å². The molecule has 0 fully saturated rings. The molecule has 2 aliphatic rings. The molecular weight excluding hydrogens is 408 g/mol. The normalized spacial score (nSPS) is 15.3. The number of aromatic nitrogens is 2. The number of nitrogens with zero attached hydrogens (tertiary/aromatic N) is 2. The Morgan fingerprint density at radius 1 is 1.21 bits per heavy atom. The fourth-order valence-electron chi connectivity index (χ4n) is 3.83. The van der Waals surface area contributed by atoms with E-state index >= 15 is 0 Å². The molecule has 0 spiro atoms. The van der Waals surface area contributed by atoms with E-state index in [2.05, 4.69) is 0 Å². The predicted octanol–water partition coefficient (Wildman–Crippen LogP) is 3.62. The minimum absolute atomic E-state index is 0.0105. The quantitative estimate of drug-likeness (QED) is 0.359. The zero-order valence-corrected chi connectivity index (χ0v) is 17.7. The van der Waals surface area contributed by atoms with Crippen molar-refractivity contribution in [1.29, 1.82) is 0 Å². The van der Waals surface area contributed by atoms with Gasteiger partial charge in [0.1, 0.15) is 18.0 Å². The third kappa shape index (κ3) is 3.34. The van der Waals surface area contributed by atoms with Crippen molar-refractivity contribution < 1.29 is 14.3 Å². The summed E-state index contributed by atoms with van der Waals surface area (Å²) >= 11 is 2.93. The van der Waals surface area contributed by atoms with Crippen LogP contribution in [0, 0.1) is 0 Å². The van der Waals surface area contributed by atoms with Crippen LogP contribution in [-0.4, -0.2) is 34.3 Å². The van der Waals surface area contributed by atoms with Gasteiger partial charge in [-0.15, -0.1) is 11.3 Å². The van der Waals surface area contributed by atoms with E-state index in [4.69, 9.17) is 14.5 Å². The highest BCUT2D eigenvalue weighted by Crippen LogP contribution is 2.35. The SMILES string of the molecule is Cn1c(SCC(=O)c2ccc3c(c2)OCCO3)nc2sc3c(c2c1=O)CCCC3. The summed E-state index contributed by atoms with van der Waals surface area (Å²) in [5.74, 6) is 1.43. The van der Waals surface area contributed by atoms with E-state index in [9.17, 15) is 9.59 Å². The fraction of sp³-hybridized carbons (Fsp3) is 0.381. The van der Waals surface area contributed by atoms with Crippen molar-refractivity contribution in [3.05, 3.63) is 44.6 Å². The number of rotatable bonds is 4. The fourth-order valence-corrected chi connectivity index (χ4v) is 6.00. The molecule has 8 heteroatoms. The van der Waals surface area contributed by atoms with Crippen LogP contribution in [0.5, 0.6) is 11.5 Å². The van der Waals surface area contributed by atoms with Crippen LogP contribution in [0.3, 0.4) is 0 Å². The number of ether oxygens (including phenoxy) is 2. The van der Waals surface area contributed by atoms with Crippen molar-refractivity contribution in [2.75, 3.05) is 19.0 Å². The molecule has 150 valence electrons. The van der Waals surface area contributed by atoms with Gasteiger partial charge < -0.3 is 9.47 Å². The number of thiophene rings is 1. The van der Waals surface area contributed by atoms with Gasteiger partial charge >= 0.3 is 0 Å². The van der Waals surface area contributed by atoms with Crippen molar-refractivity contribution in [2.45, 2.75) is 30.8 Å². The lowest BCUT2D eigenvalue weighted by Gasteiger charge is -2.18. The number of thioether (sulfide) groups is 1. The van der Waals surface area contributed by atoms with E-state index in [1.54, 1.807) is 41.2 Å². The van der Waals surface area contributed by atoms with Crippen molar-refractivity contribution in [1.82, 2.24) is 9.55 Å². The average molecular weight is 429 g/mol. The van der Waals surface area contributed by atoms with Crippen molar-refractivity contribution >= 4 is 39.1 Å². The molecular formula is C21H20N2O4S2. The van der Waals surface area contributed by atoms with E-state index in [1.807, 2.05) is 0 Å². The van der Waals surface area contributed by atoms with Gasteiger partial charge in [0.2, 0.25) is 0 Å². The first-order chi connectivity index (χ1) is 14.1. The molecule has 1 aliphatic carbocycles. The number of aryl methyl sites for hydroxylation is 2. The van der Waals surface area contributed by atoms with Gasteiger partial charge in [-0.3, -0.25) is 14.2 Å². The van der Waals surface area contributed by atoms with E-state index < -0.39 is 0 Å². The smallest absolute Gasteiger partial charge is 0.262 e. The topological polar surface area (TPSA) is 70.4 Å². The molecule has 6 nitrogen and oxygen atoms in total. The van der Waals surface area contributed by atoms with Crippen LogP contribution >= 0.6 is 23.1 Å². The predicted molar refractivity (Wildman–Crippen MR) is 114 cm³/mol. The maximum absolute atomic E-state index is 13.0. The molecule has 5 rings (SSSR count). The van der Waals surface area contributed by atoms with Crippen LogP contribution in [0.25, 0.3) is 10.2 Å². The zero-order valence-electron chi connectivity index (χ0n) is 16.0. The molecule has 0 radical (unpaired) electrons. The molecule has 3 heterocycles. The first-order valence-electron chi connectivity index (χ1n) is 9.69. The highest BCUT2D eigenvalue weighted by molar-refractivity contribution is 7.99. The van der Waals surface area contributed by atoms with Crippen LogP contribution < -0.4 is 15.0 Å². The number of ketones is 1. The Bertz CT molecular complexity index is 1180. The van der Waals surface area contributed by atoms with E-state index in [-0.39, 0.29) is 17.1 Å². The van der Waals surface area contributed by atoms with E-state index in [1.165, 1.54) is 28.6 Å². The summed E-state index contributed by atoms with van der Waals surface area (Å²) in [6.07, 6.45) is 4.29. The van der Waals surface area contributed by atoms with Gasteiger partial charge in [-0.2, -0.15) is 0 Å². The number of benzene rings is 1. The first kappa shape index (κ1) is 18.7. The maximum Gasteiger partial charge on any atom is 0.262 e. The molecule has 0 saturated carbocycles. The molecule has 2 aromatic heterocycles. The second kappa shape index (κ2) is 7.50. The van der Waals surface area contributed by atoms with Gasteiger partial charge in [0, 0.05) is 17.5 Å². The Morgan fingerprint density at radius 2 is 2.00 bits per heavy atom. The molecule has 1 aliphatic heterocycles. The van der Waals surface area contributed by atoms with Crippen LogP contribution in [-0.2, 0) is 19.9 Å². The van der Waals surface area contributed by atoms with Crippen molar-refractivity contribution in [3.63, 3.8) is 0 Å². The van der Waals surface area contributed by atoms with Crippen LogP contribution in [0.15, 0.2) is 28.2 Å². The van der Waals surface area contributed by atoms with Gasteiger partial charge in [-0.05, 0) is 49.4 Å². The first-order valence-corrected chi connectivity index (χ1v) is 11.5. The molecule has 29 heavy (non-hydrogen) atoms. The number of Topliss-reactive ketones (excluding diaryl/α,β-unsaturated/α-hetero) is 1. The molecule has 0 bridgehead atoms. The molecule has 1 aromatic carbocycles. The zero-order chi connectivity index (χ0) is 20.0. The average Bonchev–Trinajstić information content (AvgIpc) is 3.13. The summed E-state index contributed by atoms with van der Waals surface area (Å²) in [6, 6.07) is 5.24. The lowest BCUT2D eigenvalue weighted by molar-refractivity contribution is 0.102. The number of fused-ring (bicyclic) bond motifs is 4. The Morgan fingerprint density at radius 3 is 2.86 bits per heavy atom. The second-order valence-electron chi connectivity index (χ2n) is 7.22. The number of carbonyl (C=O) groups is 1. The summed E-state index contributed by atoms with van der Waals surface area (Å²) in [7, 11) is 1.73. The lowest BCUT2D eigenvalue weighted by Crippen LogP contribution is -2.21. The summed E-state index contributed by atoms with van der Waals surface area (Å²) in [4.78, 5) is 32.5. The lowest BCUT2D eigenvalue weighted by atomic mass is 9.97. The minimum Gasteiger partial charge on any atom is -0.486 e. The third-order valence-electron chi connectivity index (χ3n) is 5.35. The molecule has 0 amide bonds. The Kier molecular flexibility index (Phi) is 4.83. The Balaban J connectivity index is 1.40. The summed E-state index contributed by atoms with van der Waals surface area (Å²) in [5, 5.41) is 1.35. The monoisotopic (exact) mass is 428 g/mol. The molecule has 0 atom stereocenters. The molecule has 0 N–H and O–H groups in total. The summed E-state index contributed by atoms with van der Waals surface area (Å²) in [6.45, 7) is 1.00. The third-order valence-corrected chi connectivity index (χ3v) is 7.57. The van der Waals surface area contributed by atoms with Gasteiger partial charge in [-0.25, -0.2) is 4.98 Å². The number of hydrogen-bond donors (Lipinski definition) is 0. The highest BCUT2D eigenvalue weighted by Gasteiger charge is 2.22. The van der Waals surface area contributed by atoms with Gasteiger partial charge in [0.05, 0.1) is 11.1 Å². The molecule has 3 aromatic rings. The number of carbonyl (C=O) groups excluding carboxylic acids is 1. The molecule has 0 unspecified atom stereocenters.